The highest BCUT2D eigenvalue weighted by molar-refractivity contribution is 7.89. The summed E-state index contributed by atoms with van der Waals surface area (Å²) in [6.07, 6.45) is 0.892. The number of hydrogen-bond donors (Lipinski definition) is 2. The Morgan fingerprint density at radius 1 is 1.15 bits per heavy atom. The fourth-order valence-electron chi connectivity index (χ4n) is 1.58. The molecule has 0 aliphatic heterocycles. The molecule has 0 aliphatic rings. The molecule has 1 aromatic rings. The molecule has 1 unspecified atom stereocenters. The van der Waals surface area contributed by atoms with Gasteiger partial charge in [0.15, 0.2) is 0 Å². The van der Waals surface area contributed by atoms with E-state index in [2.05, 4.69) is 10.0 Å². The first-order chi connectivity index (χ1) is 9.16. The second-order valence-corrected chi connectivity index (χ2v) is 7.92. The first-order valence-corrected chi connectivity index (χ1v) is 8.41. The third-order valence-electron chi connectivity index (χ3n) is 3.53. The second-order valence-electron chi connectivity index (χ2n) is 6.21. The number of sulfonamides is 1. The van der Waals surface area contributed by atoms with Crippen LogP contribution in [0.15, 0.2) is 29.2 Å². The summed E-state index contributed by atoms with van der Waals surface area (Å²) >= 11 is 0. The van der Waals surface area contributed by atoms with Gasteiger partial charge in [-0.1, -0.05) is 32.9 Å². The molecule has 0 bridgehead atoms. The van der Waals surface area contributed by atoms with E-state index in [-0.39, 0.29) is 11.5 Å². The minimum Gasteiger partial charge on any atom is -0.319 e. The normalized spacial score (nSPS) is 14.2. The maximum atomic E-state index is 12.3. The summed E-state index contributed by atoms with van der Waals surface area (Å²) < 4.78 is 27.3. The summed E-state index contributed by atoms with van der Waals surface area (Å²) in [6.45, 7) is 8.81. The van der Waals surface area contributed by atoms with Crippen LogP contribution in [0.5, 0.6) is 0 Å². The van der Waals surface area contributed by atoms with Crippen LogP contribution in [0, 0.1) is 5.41 Å². The molecule has 114 valence electrons. The maximum Gasteiger partial charge on any atom is 0.240 e. The predicted octanol–water partition coefficient (Wildman–Crippen LogP) is 2.16. The van der Waals surface area contributed by atoms with Crippen molar-refractivity contribution in [2.24, 2.45) is 5.41 Å². The number of hydrogen-bond acceptors (Lipinski definition) is 3. The van der Waals surface area contributed by atoms with Gasteiger partial charge in [0, 0.05) is 6.04 Å². The third-order valence-corrected chi connectivity index (χ3v) is 5.08. The SMILES string of the molecule is CNCCc1ccc(S(=O)(=O)NC(C)C(C)(C)C)cc1. The second kappa shape index (κ2) is 6.70. The van der Waals surface area contributed by atoms with Gasteiger partial charge in [0.2, 0.25) is 10.0 Å². The van der Waals surface area contributed by atoms with E-state index in [9.17, 15) is 8.42 Å². The highest BCUT2D eigenvalue weighted by Gasteiger charge is 2.25. The molecular formula is C15H26N2O2S. The molecule has 0 saturated heterocycles. The van der Waals surface area contributed by atoms with Crippen LogP contribution in [0.4, 0.5) is 0 Å². The lowest BCUT2D eigenvalue weighted by Crippen LogP contribution is -2.41. The van der Waals surface area contributed by atoms with Gasteiger partial charge in [-0.05, 0) is 50.0 Å². The molecule has 0 aromatic heterocycles. The molecular weight excluding hydrogens is 272 g/mol. The minimum atomic E-state index is -3.45. The summed E-state index contributed by atoms with van der Waals surface area (Å²) in [4.78, 5) is 0.321. The van der Waals surface area contributed by atoms with Gasteiger partial charge in [-0.25, -0.2) is 13.1 Å². The zero-order chi connectivity index (χ0) is 15.4. The number of benzene rings is 1. The molecule has 0 saturated carbocycles. The maximum absolute atomic E-state index is 12.3. The van der Waals surface area contributed by atoms with E-state index in [4.69, 9.17) is 0 Å². The molecule has 1 atom stereocenters. The summed E-state index contributed by atoms with van der Waals surface area (Å²) in [5.74, 6) is 0. The first kappa shape index (κ1) is 17.1. The average Bonchev–Trinajstić information content (AvgIpc) is 2.35. The van der Waals surface area contributed by atoms with Crippen LogP contribution in [0.25, 0.3) is 0 Å². The van der Waals surface area contributed by atoms with Crippen LogP contribution in [0.1, 0.15) is 33.3 Å². The molecule has 20 heavy (non-hydrogen) atoms. The van der Waals surface area contributed by atoms with Gasteiger partial charge in [0.1, 0.15) is 0 Å². The zero-order valence-electron chi connectivity index (χ0n) is 13.0. The molecule has 0 fully saturated rings. The molecule has 0 radical (unpaired) electrons. The van der Waals surface area contributed by atoms with E-state index in [1.807, 2.05) is 46.9 Å². The van der Waals surface area contributed by atoms with Gasteiger partial charge < -0.3 is 5.32 Å². The lowest BCUT2D eigenvalue weighted by Gasteiger charge is -2.27. The van der Waals surface area contributed by atoms with E-state index in [0.29, 0.717) is 4.90 Å². The Kier molecular flexibility index (Phi) is 5.74. The van der Waals surface area contributed by atoms with Gasteiger partial charge in [0.25, 0.3) is 0 Å². The molecule has 1 aromatic carbocycles. The Labute approximate surface area is 123 Å². The standard InChI is InChI=1S/C15H26N2O2S/c1-12(15(2,3)4)17-20(18,19)14-8-6-13(7-9-14)10-11-16-5/h6-9,12,16-17H,10-11H2,1-5H3. The topological polar surface area (TPSA) is 58.2 Å². The van der Waals surface area contributed by atoms with Crippen molar-refractivity contribution in [3.05, 3.63) is 29.8 Å². The lowest BCUT2D eigenvalue weighted by molar-refractivity contribution is 0.317. The molecule has 0 heterocycles. The van der Waals surface area contributed by atoms with Crippen molar-refractivity contribution in [3.8, 4) is 0 Å². The Morgan fingerprint density at radius 2 is 1.70 bits per heavy atom. The van der Waals surface area contributed by atoms with Gasteiger partial charge in [-0.2, -0.15) is 0 Å². The van der Waals surface area contributed by atoms with Crippen molar-refractivity contribution in [2.75, 3.05) is 13.6 Å². The van der Waals surface area contributed by atoms with E-state index in [0.717, 1.165) is 18.5 Å². The van der Waals surface area contributed by atoms with Gasteiger partial charge in [-0.15, -0.1) is 0 Å². The minimum absolute atomic E-state index is 0.111. The highest BCUT2D eigenvalue weighted by Crippen LogP contribution is 2.21. The third kappa shape index (κ3) is 4.89. The Morgan fingerprint density at radius 3 is 2.15 bits per heavy atom. The molecule has 5 heteroatoms. The van der Waals surface area contributed by atoms with Crippen molar-refractivity contribution < 1.29 is 8.42 Å². The van der Waals surface area contributed by atoms with Crippen molar-refractivity contribution in [3.63, 3.8) is 0 Å². The summed E-state index contributed by atoms with van der Waals surface area (Å²) in [7, 11) is -1.55. The molecule has 0 aliphatic carbocycles. The van der Waals surface area contributed by atoms with Crippen LogP contribution in [-0.2, 0) is 16.4 Å². The summed E-state index contributed by atoms with van der Waals surface area (Å²) in [5, 5.41) is 3.07. The van der Waals surface area contributed by atoms with Crippen LogP contribution < -0.4 is 10.0 Å². The van der Waals surface area contributed by atoms with Gasteiger partial charge in [0.05, 0.1) is 4.90 Å². The number of nitrogens with one attached hydrogen (secondary N) is 2. The molecule has 1 rings (SSSR count). The first-order valence-electron chi connectivity index (χ1n) is 6.92. The van der Waals surface area contributed by atoms with E-state index in [1.165, 1.54) is 0 Å². The van der Waals surface area contributed by atoms with Crippen molar-refractivity contribution in [1.82, 2.24) is 10.0 Å². The van der Waals surface area contributed by atoms with Crippen molar-refractivity contribution in [2.45, 2.75) is 45.1 Å². The van der Waals surface area contributed by atoms with Gasteiger partial charge in [-0.3, -0.25) is 0 Å². The predicted molar refractivity (Wildman–Crippen MR) is 83.3 cm³/mol. The number of likely N-dealkylation sites (N-methyl/N-ethyl adjacent to an activating group) is 1. The quantitative estimate of drug-likeness (QED) is 0.846. The fourth-order valence-corrected chi connectivity index (χ4v) is 3.03. The number of rotatable bonds is 6. The van der Waals surface area contributed by atoms with Crippen LogP contribution in [0.2, 0.25) is 0 Å². The summed E-state index contributed by atoms with van der Waals surface area (Å²) in [6, 6.07) is 6.95. The summed E-state index contributed by atoms with van der Waals surface area (Å²) in [5.41, 5.74) is 1.02. The highest BCUT2D eigenvalue weighted by atomic mass is 32.2. The van der Waals surface area contributed by atoms with Gasteiger partial charge >= 0.3 is 0 Å². The Hall–Kier alpha value is -0.910. The largest absolute Gasteiger partial charge is 0.319 e. The van der Waals surface area contributed by atoms with E-state index >= 15 is 0 Å². The monoisotopic (exact) mass is 298 g/mol. The van der Waals surface area contributed by atoms with Crippen LogP contribution in [-0.4, -0.2) is 28.1 Å². The Balaban J connectivity index is 2.83. The molecule has 0 amide bonds. The van der Waals surface area contributed by atoms with Crippen LogP contribution >= 0.6 is 0 Å². The molecule has 2 N–H and O–H groups in total. The smallest absolute Gasteiger partial charge is 0.240 e. The Bertz CT molecular complexity index is 516. The average molecular weight is 298 g/mol. The molecule has 4 nitrogen and oxygen atoms in total. The lowest BCUT2D eigenvalue weighted by atomic mass is 9.89. The fraction of sp³-hybridized carbons (Fsp3) is 0.600. The van der Waals surface area contributed by atoms with E-state index < -0.39 is 10.0 Å². The van der Waals surface area contributed by atoms with E-state index in [1.54, 1.807) is 12.1 Å². The molecule has 0 spiro atoms. The van der Waals surface area contributed by atoms with Crippen molar-refractivity contribution >= 4 is 10.0 Å². The van der Waals surface area contributed by atoms with Crippen molar-refractivity contribution in [1.29, 1.82) is 0 Å². The zero-order valence-corrected chi connectivity index (χ0v) is 13.8. The van der Waals surface area contributed by atoms with Crippen LogP contribution in [0.3, 0.4) is 0 Å².